The van der Waals surface area contributed by atoms with Crippen molar-refractivity contribution in [1.82, 2.24) is 14.5 Å². The first-order valence-corrected chi connectivity index (χ1v) is 13.7. The van der Waals surface area contributed by atoms with Crippen LogP contribution in [0, 0.1) is 0 Å². The van der Waals surface area contributed by atoms with E-state index in [-0.39, 0.29) is 30.5 Å². The largest absolute Gasteiger partial charge is 0.352 e. The predicted octanol–water partition coefficient (Wildman–Crippen LogP) is 4.30. The molecule has 2 aromatic heterocycles. The highest BCUT2D eigenvalue weighted by atomic mass is 32.1. The Labute approximate surface area is 224 Å². The number of fused-ring (bicyclic) bond motifs is 1. The van der Waals surface area contributed by atoms with E-state index in [1.165, 1.54) is 20.5 Å². The van der Waals surface area contributed by atoms with Crippen molar-refractivity contribution in [2.24, 2.45) is 0 Å². The van der Waals surface area contributed by atoms with Gasteiger partial charge in [-0.15, -0.1) is 11.3 Å². The molecular weight excluding hydrogens is 500 g/mol. The fourth-order valence-corrected chi connectivity index (χ4v) is 5.16. The summed E-state index contributed by atoms with van der Waals surface area (Å²) in [5.74, 6) is -0.358. The van der Waals surface area contributed by atoms with Gasteiger partial charge in [0, 0.05) is 25.2 Å². The monoisotopic (exact) mass is 532 g/mol. The number of hydrogen-bond acceptors (Lipinski definition) is 5. The van der Waals surface area contributed by atoms with Crippen LogP contribution in [0.3, 0.4) is 0 Å². The topological polar surface area (TPSA) is 102 Å². The first kappa shape index (κ1) is 27.1. The van der Waals surface area contributed by atoms with E-state index in [0.717, 1.165) is 17.5 Å². The van der Waals surface area contributed by atoms with E-state index in [0.29, 0.717) is 48.1 Å². The van der Waals surface area contributed by atoms with Gasteiger partial charge in [0.1, 0.15) is 11.2 Å². The van der Waals surface area contributed by atoms with Crippen molar-refractivity contribution < 1.29 is 9.59 Å². The molecule has 0 fully saturated rings. The molecular formula is C29H32N4O4S. The molecule has 2 N–H and O–H groups in total. The molecule has 0 bridgehead atoms. The predicted molar refractivity (Wildman–Crippen MR) is 152 cm³/mol. The molecule has 4 rings (SSSR count). The van der Waals surface area contributed by atoms with Crippen LogP contribution < -0.4 is 21.9 Å². The number of nitrogens with one attached hydrogen (secondary N) is 2. The van der Waals surface area contributed by atoms with Gasteiger partial charge in [-0.25, -0.2) is 4.79 Å². The summed E-state index contributed by atoms with van der Waals surface area (Å²) >= 11 is 1.26. The summed E-state index contributed by atoms with van der Waals surface area (Å²) in [5, 5.41) is 7.52. The smallest absolute Gasteiger partial charge is 0.332 e. The van der Waals surface area contributed by atoms with E-state index in [1.54, 1.807) is 11.4 Å². The molecule has 8 nitrogen and oxygen atoms in total. The highest BCUT2D eigenvalue weighted by Crippen LogP contribution is 2.16. The van der Waals surface area contributed by atoms with Crippen LogP contribution in [0.1, 0.15) is 43.7 Å². The first-order valence-electron chi connectivity index (χ1n) is 12.9. The van der Waals surface area contributed by atoms with E-state index in [2.05, 4.69) is 10.6 Å². The minimum Gasteiger partial charge on any atom is -0.352 e. The Balaban J connectivity index is 1.36. The second kappa shape index (κ2) is 13.0. The number of carbonyl (C=O) groups is 2. The third-order valence-electron chi connectivity index (χ3n) is 6.38. The zero-order chi connectivity index (χ0) is 26.9. The van der Waals surface area contributed by atoms with Gasteiger partial charge in [0.05, 0.1) is 5.52 Å². The quantitative estimate of drug-likeness (QED) is 0.266. The number of nitrogens with zero attached hydrogens (tertiary/aromatic N) is 2. The Morgan fingerprint density at radius 1 is 0.868 bits per heavy atom. The second-order valence-corrected chi connectivity index (χ2v) is 10.1. The minimum absolute atomic E-state index is 0.0242. The maximum atomic E-state index is 13.3. The van der Waals surface area contributed by atoms with Gasteiger partial charge in [-0.05, 0) is 54.0 Å². The van der Waals surface area contributed by atoms with Crippen LogP contribution in [0.4, 0.5) is 5.69 Å². The molecule has 2 amide bonds. The Kier molecular flexibility index (Phi) is 9.26. The van der Waals surface area contributed by atoms with E-state index in [4.69, 9.17) is 0 Å². The highest BCUT2D eigenvalue weighted by Gasteiger charge is 2.16. The summed E-state index contributed by atoms with van der Waals surface area (Å²) in [6.07, 6.45) is 3.16. The molecule has 0 aliphatic rings. The summed E-state index contributed by atoms with van der Waals surface area (Å²) in [4.78, 5) is 51.2. The molecule has 198 valence electrons. The van der Waals surface area contributed by atoms with Crippen LogP contribution in [0.5, 0.6) is 0 Å². The lowest BCUT2D eigenvalue weighted by Crippen LogP contribution is -2.41. The lowest BCUT2D eigenvalue weighted by molar-refractivity contribution is -0.121. The molecule has 4 aromatic rings. The fraction of sp³-hybridized carbons (Fsp3) is 0.310. The maximum absolute atomic E-state index is 13.3. The standard InChI is InChI=1S/C29H32N4O4S/c1-2-21-12-9-13-23(18-21)31-26(35)20-33-24-15-17-38-27(24)28(36)32(29(33)37)16-8-4-7-14-25(34)30-19-22-10-5-3-6-11-22/h3,5-6,9-13,15,17-18H,2,4,7-8,14,16,19-20H2,1H3,(H,30,34)(H,31,35). The lowest BCUT2D eigenvalue weighted by atomic mass is 10.1. The first-order chi connectivity index (χ1) is 18.5. The van der Waals surface area contributed by atoms with Crippen molar-refractivity contribution in [2.45, 2.75) is 58.7 Å². The van der Waals surface area contributed by atoms with Crippen LogP contribution >= 0.6 is 11.3 Å². The van der Waals surface area contributed by atoms with Crippen LogP contribution in [0.25, 0.3) is 10.2 Å². The maximum Gasteiger partial charge on any atom is 0.332 e. The van der Waals surface area contributed by atoms with Crippen molar-refractivity contribution in [2.75, 3.05) is 5.32 Å². The molecule has 0 radical (unpaired) electrons. The fourth-order valence-electron chi connectivity index (χ4n) is 4.31. The average molecular weight is 533 g/mol. The normalized spacial score (nSPS) is 11.0. The number of aryl methyl sites for hydroxylation is 1. The summed E-state index contributed by atoms with van der Waals surface area (Å²) in [7, 11) is 0. The molecule has 0 aliphatic heterocycles. The molecule has 0 atom stereocenters. The van der Waals surface area contributed by atoms with Crippen molar-refractivity contribution >= 4 is 39.1 Å². The van der Waals surface area contributed by atoms with E-state index in [1.807, 2.05) is 61.5 Å². The van der Waals surface area contributed by atoms with Gasteiger partial charge in [0.15, 0.2) is 0 Å². The molecule has 9 heteroatoms. The van der Waals surface area contributed by atoms with Gasteiger partial charge in [-0.2, -0.15) is 0 Å². The van der Waals surface area contributed by atoms with Crippen LogP contribution in [0.15, 0.2) is 75.6 Å². The van der Waals surface area contributed by atoms with Crippen LogP contribution in [-0.4, -0.2) is 20.9 Å². The number of amides is 2. The summed E-state index contributed by atoms with van der Waals surface area (Å²) in [6, 6.07) is 19.0. The zero-order valence-electron chi connectivity index (χ0n) is 21.4. The summed E-state index contributed by atoms with van der Waals surface area (Å²) in [5.41, 5.74) is 2.44. The molecule has 2 heterocycles. The van der Waals surface area contributed by atoms with Crippen molar-refractivity contribution in [1.29, 1.82) is 0 Å². The summed E-state index contributed by atoms with van der Waals surface area (Å²) in [6.45, 7) is 2.58. The Morgan fingerprint density at radius 3 is 2.45 bits per heavy atom. The van der Waals surface area contributed by atoms with Crippen LogP contribution in [-0.2, 0) is 35.6 Å². The van der Waals surface area contributed by atoms with E-state index >= 15 is 0 Å². The number of unbranched alkanes of at least 4 members (excludes halogenated alkanes) is 2. The molecule has 0 saturated heterocycles. The second-order valence-electron chi connectivity index (χ2n) is 9.14. The third-order valence-corrected chi connectivity index (χ3v) is 7.27. The van der Waals surface area contributed by atoms with E-state index in [9.17, 15) is 19.2 Å². The van der Waals surface area contributed by atoms with E-state index < -0.39 is 5.69 Å². The summed E-state index contributed by atoms with van der Waals surface area (Å²) < 4.78 is 3.02. The molecule has 38 heavy (non-hydrogen) atoms. The van der Waals surface area contributed by atoms with Crippen molar-refractivity contribution in [3.05, 3.63) is 98.0 Å². The van der Waals surface area contributed by atoms with Gasteiger partial charge >= 0.3 is 5.69 Å². The van der Waals surface area contributed by atoms with Gasteiger partial charge in [-0.3, -0.25) is 23.5 Å². The highest BCUT2D eigenvalue weighted by molar-refractivity contribution is 7.17. The van der Waals surface area contributed by atoms with Gasteiger partial charge < -0.3 is 10.6 Å². The van der Waals surface area contributed by atoms with Crippen LogP contribution in [0.2, 0.25) is 0 Å². The Hall–Kier alpha value is -3.98. The minimum atomic E-state index is -0.501. The molecule has 0 saturated carbocycles. The number of thiophene rings is 1. The zero-order valence-corrected chi connectivity index (χ0v) is 22.3. The third kappa shape index (κ3) is 6.86. The Morgan fingerprint density at radius 2 is 1.66 bits per heavy atom. The molecule has 0 unspecified atom stereocenters. The SMILES string of the molecule is CCc1cccc(NC(=O)Cn2c(=O)n(CCCCCC(=O)NCc3ccccc3)c(=O)c3sccc32)c1. The average Bonchev–Trinajstić information content (AvgIpc) is 3.42. The van der Waals surface area contributed by atoms with Crippen molar-refractivity contribution in [3.63, 3.8) is 0 Å². The number of benzene rings is 2. The number of aromatic nitrogens is 2. The van der Waals surface area contributed by atoms with Crippen molar-refractivity contribution in [3.8, 4) is 0 Å². The Bertz CT molecular complexity index is 1520. The number of anilines is 1. The number of hydrogen-bond donors (Lipinski definition) is 2. The van der Waals surface area contributed by atoms with Gasteiger partial charge in [0.2, 0.25) is 11.8 Å². The van der Waals surface area contributed by atoms with Gasteiger partial charge in [0.25, 0.3) is 5.56 Å². The van der Waals surface area contributed by atoms with Gasteiger partial charge in [-0.1, -0.05) is 55.8 Å². The lowest BCUT2D eigenvalue weighted by Gasteiger charge is -2.13. The molecule has 0 spiro atoms. The number of rotatable bonds is 12. The number of carbonyl (C=O) groups excluding carboxylic acids is 2. The molecule has 2 aromatic carbocycles. The molecule has 0 aliphatic carbocycles.